The van der Waals surface area contributed by atoms with Gasteiger partial charge in [0, 0.05) is 11.6 Å². The molecule has 1 aromatic carbocycles. The van der Waals surface area contributed by atoms with Gasteiger partial charge in [0.25, 0.3) is 0 Å². The Morgan fingerprint density at radius 3 is 2.52 bits per heavy atom. The van der Waals surface area contributed by atoms with Crippen molar-refractivity contribution in [3.05, 3.63) is 59.6 Å². The zero-order chi connectivity index (χ0) is 19.4. The molecule has 1 N–H and O–H groups in total. The minimum atomic E-state index is -0.180. The minimum Gasteiger partial charge on any atom is -0.481 e. The first-order valence-electron chi connectivity index (χ1n) is 8.82. The summed E-state index contributed by atoms with van der Waals surface area (Å²) >= 11 is 0. The van der Waals surface area contributed by atoms with Gasteiger partial charge in [-0.1, -0.05) is 26.0 Å². The maximum atomic E-state index is 12.3. The first-order chi connectivity index (χ1) is 13.0. The largest absolute Gasteiger partial charge is 0.481 e. The number of carbonyl (C=O) groups is 1. The van der Waals surface area contributed by atoms with Crippen molar-refractivity contribution in [2.24, 2.45) is 0 Å². The lowest BCUT2D eigenvalue weighted by atomic mass is 10.0. The highest BCUT2D eigenvalue weighted by molar-refractivity contribution is 5.92. The van der Waals surface area contributed by atoms with Crippen LogP contribution in [0.25, 0.3) is 11.5 Å². The van der Waals surface area contributed by atoms with Crippen LogP contribution < -0.4 is 10.1 Å². The van der Waals surface area contributed by atoms with Crippen LogP contribution in [0.4, 0.5) is 5.69 Å². The Kier molecular flexibility index (Phi) is 5.54. The second-order valence-corrected chi connectivity index (χ2v) is 6.61. The van der Waals surface area contributed by atoms with Gasteiger partial charge in [0.2, 0.25) is 17.7 Å². The standard InChI is InChI=1S/C21H23N3O3/c1-13(2)15-5-7-16(8-6-15)21-24-18(14(3)27-21)11-19(25)23-17-9-10-20(26-4)22-12-17/h5-10,12-13H,11H2,1-4H3,(H,23,25). The molecular weight excluding hydrogens is 342 g/mol. The number of carbonyl (C=O) groups excluding carboxylic acids is 1. The van der Waals surface area contributed by atoms with Gasteiger partial charge in [-0.2, -0.15) is 0 Å². The van der Waals surface area contributed by atoms with E-state index in [0.717, 1.165) is 5.56 Å². The number of aromatic nitrogens is 2. The Balaban J connectivity index is 1.69. The van der Waals surface area contributed by atoms with E-state index in [2.05, 4.69) is 41.3 Å². The Morgan fingerprint density at radius 1 is 1.19 bits per heavy atom. The van der Waals surface area contributed by atoms with E-state index in [0.29, 0.717) is 34.8 Å². The average Bonchev–Trinajstić information content (AvgIpc) is 3.02. The number of rotatable bonds is 6. The van der Waals surface area contributed by atoms with Crippen molar-refractivity contribution in [3.8, 4) is 17.3 Å². The van der Waals surface area contributed by atoms with E-state index in [4.69, 9.17) is 9.15 Å². The third-order valence-electron chi connectivity index (χ3n) is 4.27. The van der Waals surface area contributed by atoms with Gasteiger partial charge in [0.15, 0.2) is 0 Å². The van der Waals surface area contributed by atoms with Crippen molar-refractivity contribution in [1.29, 1.82) is 0 Å². The summed E-state index contributed by atoms with van der Waals surface area (Å²) in [4.78, 5) is 20.9. The first kappa shape index (κ1) is 18.6. The monoisotopic (exact) mass is 365 g/mol. The van der Waals surface area contributed by atoms with Gasteiger partial charge in [-0.25, -0.2) is 9.97 Å². The fraction of sp³-hybridized carbons (Fsp3) is 0.286. The molecule has 0 aliphatic carbocycles. The van der Waals surface area contributed by atoms with Gasteiger partial charge in [-0.05, 0) is 36.6 Å². The van der Waals surface area contributed by atoms with Crippen LogP contribution in [0.15, 0.2) is 47.0 Å². The van der Waals surface area contributed by atoms with Gasteiger partial charge < -0.3 is 14.5 Å². The van der Waals surface area contributed by atoms with E-state index in [1.807, 2.05) is 19.1 Å². The normalized spacial score (nSPS) is 10.9. The van der Waals surface area contributed by atoms with Gasteiger partial charge >= 0.3 is 0 Å². The Hall–Kier alpha value is -3.15. The molecule has 3 aromatic rings. The number of nitrogens with one attached hydrogen (secondary N) is 1. The number of amides is 1. The van der Waals surface area contributed by atoms with Crippen LogP contribution in [0.1, 0.15) is 36.8 Å². The van der Waals surface area contributed by atoms with Crippen molar-refractivity contribution in [2.75, 3.05) is 12.4 Å². The summed E-state index contributed by atoms with van der Waals surface area (Å²) in [6.07, 6.45) is 1.68. The van der Waals surface area contributed by atoms with Gasteiger partial charge in [-0.15, -0.1) is 0 Å². The van der Waals surface area contributed by atoms with Crippen molar-refractivity contribution in [3.63, 3.8) is 0 Å². The van der Waals surface area contributed by atoms with Crippen LogP contribution in [-0.4, -0.2) is 23.0 Å². The number of anilines is 1. The molecule has 0 unspecified atom stereocenters. The van der Waals surface area contributed by atoms with Crippen LogP contribution >= 0.6 is 0 Å². The topological polar surface area (TPSA) is 77.2 Å². The molecule has 2 heterocycles. The quantitative estimate of drug-likeness (QED) is 0.702. The summed E-state index contributed by atoms with van der Waals surface area (Å²) in [5.74, 6) is 1.95. The number of ether oxygens (including phenoxy) is 1. The molecule has 0 aliphatic rings. The lowest BCUT2D eigenvalue weighted by Crippen LogP contribution is -2.15. The number of pyridine rings is 1. The molecule has 27 heavy (non-hydrogen) atoms. The average molecular weight is 365 g/mol. The lowest BCUT2D eigenvalue weighted by Gasteiger charge is -2.05. The van der Waals surface area contributed by atoms with Crippen LogP contribution in [0.3, 0.4) is 0 Å². The van der Waals surface area contributed by atoms with Crippen molar-refractivity contribution >= 4 is 11.6 Å². The number of methoxy groups -OCH3 is 1. The fourth-order valence-electron chi connectivity index (χ4n) is 2.66. The number of nitrogens with zero attached hydrogens (tertiary/aromatic N) is 2. The van der Waals surface area contributed by atoms with Crippen LogP contribution in [-0.2, 0) is 11.2 Å². The van der Waals surface area contributed by atoms with Crippen molar-refractivity contribution in [1.82, 2.24) is 9.97 Å². The van der Waals surface area contributed by atoms with Crippen molar-refractivity contribution in [2.45, 2.75) is 33.1 Å². The molecule has 6 heteroatoms. The summed E-state index contributed by atoms with van der Waals surface area (Å²) in [7, 11) is 1.54. The maximum Gasteiger partial charge on any atom is 0.230 e. The van der Waals surface area contributed by atoms with E-state index < -0.39 is 0 Å². The first-order valence-corrected chi connectivity index (χ1v) is 8.82. The lowest BCUT2D eigenvalue weighted by molar-refractivity contribution is -0.115. The number of hydrogen-bond donors (Lipinski definition) is 1. The Labute approximate surface area is 158 Å². The number of oxazole rings is 1. The molecule has 0 fully saturated rings. The fourth-order valence-corrected chi connectivity index (χ4v) is 2.66. The molecule has 0 bridgehead atoms. The van der Waals surface area contributed by atoms with E-state index in [-0.39, 0.29) is 12.3 Å². The molecule has 0 radical (unpaired) electrons. The third kappa shape index (κ3) is 4.53. The molecule has 3 rings (SSSR count). The molecule has 1 amide bonds. The molecule has 0 aliphatic heterocycles. The Morgan fingerprint density at radius 2 is 1.93 bits per heavy atom. The second kappa shape index (κ2) is 8.03. The highest BCUT2D eigenvalue weighted by Crippen LogP contribution is 2.24. The molecule has 140 valence electrons. The summed E-state index contributed by atoms with van der Waals surface area (Å²) in [5, 5.41) is 2.80. The van der Waals surface area contributed by atoms with E-state index in [1.165, 1.54) is 5.56 Å². The number of aryl methyl sites for hydroxylation is 1. The molecule has 2 aromatic heterocycles. The van der Waals surface area contributed by atoms with E-state index >= 15 is 0 Å². The third-order valence-corrected chi connectivity index (χ3v) is 4.27. The van der Waals surface area contributed by atoms with E-state index in [1.54, 1.807) is 25.4 Å². The molecule has 6 nitrogen and oxygen atoms in total. The predicted octanol–water partition coefficient (Wildman–Crippen LogP) is 4.36. The molecule has 0 atom stereocenters. The molecule has 0 saturated carbocycles. The van der Waals surface area contributed by atoms with Gasteiger partial charge in [0.05, 0.1) is 31.1 Å². The highest BCUT2D eigenvalue weighted by atomic mass is 16.5. The minimum absolute atomic E-state index is 0.130. The maximum absolute atomic E-state index is 12.3. The summed E-state index contributed by atoms with van der Waals surface area (Å²) in [6, 6.07) is 11.6. The molecule has 0 saturated heterocycles. The summed E-state index contributed by atoms with van der Waals surface area (Å²) < 4.78 is 10.8. The zero-order valence-corrected chi connectivity index (χ0v) is 15.9. The van der Waals surface area contributed by atoms with E-state index in [9.17, 15) is 4.79 Å². The molecule has 0 spiro atoms. The Bertz CT molecular complexity index is 913. The van der Waals surface area contributed by atoms with Crippen LogP contribution in [0.2, 0.25) is 0 Å². The number of benzene rings is 1. The van der Waals surface area contributed by atoms with Gasteiger partial charge in [-0.3, -0.25) is 4.79 Å². The van der Waals surface area contributed by atoms with Crippen LogP contribution in [0, 0.1) is 6.92 Å². The van der Waals surface area contributed by atoms with Crippen molar-refractivity contribution < 1.29 is 13.9 Å². The van der Waals surface area contributed by atoms with Crippen LogP contribution in [0.5, 0.6) is 5.88 Å². The SMILES string of the molecule is COc1ccc(NC(=O)Cc2nc(-c3ccc(C(C)C)cc3)oc2C)cn1. The molecular formula is C21H23N3O3. The second-order valence-electron chi connectivity index (χ2n) is 6.61. The van der Waals surface area contributed by atoms with Gasteiger partial charge in [0.1, 0.15) is 5.76 Å². The number of hydrogen-bond acceptors (Lipinski definition) is 5. The summed E-state index contributed by atoms with van der Waals surface area (Å²) in [6.45, 7) is 6.12. The summed E-state index contributed by atoms with van der Waals surface area (Å²) in [5.41, 5.74) is 3.38. The predicted molar refractivity (Wildman–Crippen MR) is 104 cm³/mol. The smallest absolute Gasteiger partial charge is 0.230 e. The highest BCUT2D eigenvalue weighted by Gasteiger charge is 2.15. The zero-order valence-electron chi connectivity index (χ0n) is 15.9.